The van der Waals surface area contributed by atoms with Gasteiger partial charge in [0.25, 0.3) is 0 Å². The van der Waals surface area contributed by atoms with Crippen LogP contribution >= 0.6 is 81.2 Å². The molecule has 3 heterocycles. The highest BCUT2D eigenvalue weighted by Gasteiger charge is 2.31. The number of hydrogen-bond acceptors (Lipinski definition) is 2. The Labute approximate surface area is 275 Å². The van der Waals surface area contributed by atoms with Crippen molar-refractivity contribution in [1.82, 2.24) is 9.38 Å². The molecule has 0 aliphatic heterocycles. The first-order chi connectivity index (χ1) is 20.2. The summed E-state index contributed by atoms with van der Waals surface area (Å²) in [6, 6.07) is 22.9. The molecule has 4 aromatic carbocycles. The molecule has 0 aliphatic carbocycles. The number of rotatable bonds is 4. The van der Waals surface area contributed by atoms with Crippen LogP contribution in [0.4, 0.5) is 0 Å². The highest BCUT2D eigenvalue weighted by atomic mass is 35.5. The summed E-state index contributed by atoms with van der Waals surface area (Å²) >= 11 is 47.4. The van der Waals surface area contributed by atoms with Crippen molar-refractivity contribution in [1.29, 1.82) is 0 Å². The molecule has 0 saturated carbocycles. The van der Waals surface area contributed by atoms with E-state index >= 15 is 0 Å². The van der Waals surface area contributed by atoms with Gasteiger partial charge in [-0.15, -0.1) is 0 Å². The predicted molar refractivity (Wildman–Crippen MR) is 177 cm³/mol. The molecule has 3 nitrogen and oxygen atoms in total. The van der Waals surface area contributed by atoms with Crippen molar-refractivity contribution in [2.75, 3.05) is 0 Å². The number of para-hydroxylation sites is 3. The summed E-state index contributed by atoms with van der Waals surface area (Å²) in [5.41, 5.74) is 6.55. The van der Waals surface area contributed by atoms with Gasteiger partial charge in [0.05, 0.1) is 26.6 Å². The predicted octanol–water partition coefficient (Wildman–Crippen LogP) is 12.7. The quantitative estimate of drug-likeness (QED) is 0.184. The number of nitrogens with zero attached hydrogens (tertiary/aromatic N) is 2. The maximum atomic E-state index is 7.13. The highest BCUT2D eigenvalue weighted by molar-refractivity contribution is 6.41. The van der Waals surface area contributed by atoms with Crippen LogP contribution in [-0.4, -0.2) is 9.38 Å². The summed E-state index contributed by atoms with van der Waals surface area (Å²) in [4.78, 5) is 4.11. The van der Waals surface area contributed by atoms with Gasteiger partial charge in [0.2, 0.25) is 5.71 Å². The first-order valence-corrected chi connectivity index (χ1v) is 15.2. The Kier molecular flexibility index (Phi) is 7.27. The highest BCUT2D eigenvalue weighted by Crippen LogP contribution is 2.51. The number of halogens is 7. The normalized spacial score (nSPS) is 12.5. The summed E-state index contributed by atoms with van der Waals surface area (Å²) in [6.45, 7) is 0. The smallest absolute Gasteiger partial charge is 0.213 e. The molecule has 0 aliphatic rings. The Bertz CT molecular complexity index is 2140. The van der Waals surface area contributed by atoms with Crippen molar-refractivity contribution < 1.29 is 4.42 Å². The zero-order valence-electron chi connectivity index (χ0n) is 21.1. The number of aromatic nitrogens is 2. The molecular weight excluding hydrogens is 677 g/mol. The molecule has 1 atom stereocenters. The minimum atomic E-state index is -0.740. The minimum absolute atomic E-state index is 0.299. The number of pyridine rings is 1. The van der Waals surface area contributed by atoms with Crippen LogP contribution in [0.5, 0.6) is 0 Å². The molecule has 3 aromatic heterocycles. The van der Waals surface area contributed by atoms with Crippen molar-refractivity contribution in [2.24, 2.45) is 0 Å². The molecule has 0 amide bonds. The van der Waals surface area contributed by atoms with Crippen molar-refractivity contribution in [3.63, 3.8) is 0 Å². The molecule has 7 rings (SSSR count). The number of benzene rings is 4. The second-order valence-electron chi connectivity index (χ2n) is 9.69. The fourth-order valence-electron chi connectivity index (χ4n) is 5.63. The monoisotopic (exact) mass is 688 g/mol. The van der Waals surface area contributed by atoms with E-state index < -0.39 is 5.92 Å². The maximum Gasteiger partial charge on any atom is 0.213 e. The van der Waals surface area contributed by atoms with Crippen LogP contribution in [0.2, 0.25) is 35.2 Å². The van der Waals surface area contributed by atoms with Gasteiger partial charge in [0.1, 0.15) is 0 Å². The van der Waals surface area contributed by atoms with Crippen LogP contribution in [0.25, 0.3) is 38.8 Å². The summed E-state index contributed by atoms with van der Waals surface area (Å²) < 4.78 is 8.48. The number of hydrogen-bond donors (Lipinski definition) is 0. The minimum Gasteiger partial charge on any atom is -0.438 e. The third-order valence-corrected chi connectivity index (χ3v) is 9.38. The van der Waals surface area contributed by atoms with Crippen molar-refractivity contribution in [3.8, 4) is 11.1 Å². The Morgan fingerprint density at radius 2 is 1.12 bits per heavy atom. The third kappa shape index (κ3) is 4.46. The van der Waals surface area contributed by atoms with Gasteiger partial charge in [-0.25, -0.2) is 0 Å². The summed E-state index contributed by atoms with van der Waals surface area (Å²) in [5.74, 6) is -0.740. The van der Waals surface area contributed by atoms with E-state index in [2.05, 4.69) is 15.5 Å². The SMILES string of the molecule is Clc1cc(Cl)c(C(c2c(Cl)cncc2Cl)c2c(Cl)cc(-c3c4ccccc4n4c3oc3ccccc34)cc2Cl)c(Cl)c1. The van der Waals surface area contributed by atoms with Gasteiger partial charge in [-0.05, 0) is 48.0 Å². The van der Waals surface area contributed by atoms with Crippen LogP contribution in [0.1, 0.15) is 22.6 Å². The van der Waals surface area contributed by atoms with E-state index in [1.165, 1.54) is 12.4 Å². The standard InChI is InChI=1S/C32H15Cl7N2O/c33-16-11-20(36)29(21(37)12-16)31(30-22(38)13-40-14-23(30)39)28-18(34)9-15(10-19(28)35)27-17-5-1-2-6-24(17)41-25-7-3-4-8-26(25)42-32(27)41/h1-14,31H. The van der Waals surface area contributed by atoms with E-state index in [1.54, 1.807) is 12.1 Å². The van der Waals surface area contributed by atoms with Crippen LogP contribution in [0, 0.1) is 0 Å². The number of fused-ring (bicyclic) bond motifs is 5. The Morgan fingerprint density at radius 3 is 1.76 bits per heavy atom. The molecule has 0 fully saturated rings. The second kappa shape index (κ2) is 10.8. The van der Waals surface area contributed by atoms with E-state index in [0.717, 1.165) is 33.1 Å². The van der Waals surface area contributed by atoms with E-state index in [-0.39, 0.29) is 0 Å². The molecule has 10 heteroatoms. The Hall–Kier alpha value is -2.60. The van der Waals surface area contributed by atoms with Gasteiger partial charge >= 0.3 is 0 Å². The molecule has 0 spiro atoms. The average Bonchev–Trinajstić information content (AvgIpc) is 3.46. The summed E-state index contributed by atoms with van der Waals surface area (Å²) in [5, 5.41) is 3.28. The molecule has 208 valence electrons. The largest absolute Gasteiger partial charge is 0.438 e. The fraction of sp³-hybridized carbons (Fsp3) is 0.0312. The first kappa shape index (κ1) is 28.2. The van der Waals surface area contributed by atoms with Gasteiger partial charge < -0.3 is 4.42 Å². The van der Waals surface area contributed by atoms with E-state index in [4.69, 9.17) is 85.6 Å². The topological polar surface area (TPSA) is 30.4 Å². The van der Waals surface area contributed by atoms with Crippen LogP contribution in [0.3, 0.4) is 0 Å². The van der Waals surface area contributed by atoms with Crippen LogP contribution in [0.15, 0.2) is 89.6 Å². The van der Waals surface area contributed by atoms with E-state index in [1.807, 2.05) is 54.6 Å². The molecular formula is C32H15Cl7N2O. The lowest BCUT2D eigenvalue weighted by molar-refractivity contribution is 0.658. The van der Waals surface area contributed by atoms with Crippen molar-refractivity contribution in [2.45, 2.75) is 5.92 Å². The molecule has 0 bridgehead atoms. The van der Waals surface area contributed by atoms with Gasteiger partial charge in [-0.2, -0.15) is 0 Å². The van der Waals surface area contributed by atoms with Crippen LogP contribution < -0.4 is 0 Å². The maximum absolute atomic E-state index is 7.13. The number of oxazole rings is 1. The lowest BCUT2D eigenvalue weighted by atomic mass is 9.84. The second-order valence-corrected chi connectivity index (χ2v) is 12.6. The van der Waals surface area contributed by atoms with Gasteiger partial charge in [0.15, 0.2) is 5.58 Å². The Morgan fingerprint density at radius 1 is 0.595 bits per heavy atom. The summed E-state index contributed by atoms with van der Waals surface area (Å²) in [6.07, 6.45) is 2.99. The van der Waals surface area contributed by atoms with E-state index in [9.17, 15) is 0 Å². The van der Waals surface area contributed by atoms with Gasteiger partial charge in [0, 0.05) is 65.5 Å². The molecule has 0 N–H and O–H groups in total. The van der Waals surface area contributed by atoms with Gasteiger partial charge in [-0.3, -0.25) is 9.38 Å². The van der Waals surface area contributed by atoms with Crippen molar-refractivity contribution in [3.05, 3.63) is 137 Å². The molecule has 0 saturated heterocycles. The zero-order valence-corrected chi connectivity index (χ0v) is 26.4. The molecule has 0 radical (unpaired) electrons. The van der Waals surface area contributed by atoms with Crippen molar-refractivity contribution >= 4 is 109 Å². The molecule has 7 aromatic rings. The Balaban J connectivity index is 1.52. The van der Waals surface area contributed by atoms with Crippen LogP contribution in [-0.2, 0) is 0 Å². The molecule has 1 unspecified atom stereocenters. The van der Waals surface area contributed by atoms with Gasteiger partial charge in [-0.1, -0.05) is 112 Å². The lowest BCUT2D eigenvalue weighted by Gasteiger charge is -2.25. The lowest BCUT2D eigenvalue weighted by Crippen LogP contribution is -2.09. The molecule has 42 heavy (non-hydrogen) atoms. The third-order valence-electron chi connectivity index (χ3n) is 7.31. The zero-order chi connectivity index (χ0) is 29.3. The summed E-state index contributed by atoms with van der Waals surface area (Å²) in [7, 11) is 0. The van der Waals surface area contributed by atoms with E-state index in [0.29, 0.717) is 57.6 Å². The first-order valence-electron chi connectivity index (χ1n) is 12.6. The fourth-order valence-corrected chi connectivity index (χ4v) is 7.95. The average molecular weight is 692 g/mol.